The van der Waals surface area contributed by atoms with E-state index in [-0.39, 0.29) is 11.7 Å². The van der Waals surface area contributed by atoms with Crippen LogP contribution in [0.5, 0.6) is 0 Å². The number of furan rings is 1. The van der Waals surface area contributed by atoms with Gasteiger partial charge in [0.05, 0.1) is 18.4 Å². The minimum atomic E-state index is -0.428. The van der Waals surface area contributed by atoms with Gasteiger partial charge in [0.2, 0.25) is 0 Å². The molecule has 9 heteroatoms. The summed E-state index contributed by atoms with van der Waals surface area (Å²) < 4.78 is 14.1. The maximum Gasteiger partial charge on any atom is 0.341 e. The molecular weight excluding hydrogens is 542 g/mol. The molecule has 3 heterocycles. The Morgan fingerprint density at radius 2 is 2.03 bits per heavy atom. The first-order valence-electron chi connectivity index (χ1n) is 11.9. The van der Waals surface area contributed by atoms with Gasteiger partial charge in [0.15, 0.2) is 5.76 Å². The van der Waals surface area contributed by atoms with Gasteiger partial charge in [-0.1, -0.05) is 15.9 Å². The normalized spacial score (nSPS) is 13.3. The molecule has 1 aliphatic rings. The Balaban J connectivity index is 1.42. The van der Waals surface area contributed by atoms with Crippen molar-refractivity contribution < 1.29 is 18.7 Å². The minimum absolute atomic E-state index is 0.189. The number of hydrogen-bond acceptors (Lipinski definition) is 6. The summed E-state index contributed by atoms with van der Waals surface area (Å²) in [6.45, 7) is 6.16. The van der Waals surface area contributed by atoms with Gasteiger partial charge < -0.3 is 13.7 Å². The van der Waals surface area contributed by atoms with Crippen LogP contribution in [0, 0.1) is 13.8 Å². The van der Waals surface area contributed by atoms with Crippen LogP contribution in [0.1, 0.15) is 68.1 Å². The third-order valence-electron chi connectivity index (χ3n) is 6.38. The predicted octanol–water partition coefficient (Wildman–Crippen LogP) is 6.48. The fourth-order valence-corrected chi connectivity index (χ4v) is 6.56. The number of aromatic nitrogens is 1. The molecule has 7 nitrogen and oxygen atoms in total. The molecule has 1 amide bonds. The molecule has 0 unspecified atom stereocenters. The van der Waals surface area contributed by atoms with Gasteiger partial charge in [-0.15, -0.1) is 11.3 Å². The van der Waals surface area contributed by atoms with Crippen LogP contribution in [-0.2, 0) is 17.6 Å². The second-order valence-corrected chi connectivity index (χ2v) is 10.8. The number of esters is 1. The average molecular weight is 568 g/mol. The molecule has 0 saturated heterocycles. The number of hydrazone groups is 1. The Kier molecular flexibility index (Phi) is 6.85. The maximum atomic E-state index is 13.0. The molecule has 1 aromatic carbocycles. The van der Waals surface area contributed by atoms with E-state index in [0.717, 1.165) is 63.1 Å². The van der Waals surface area contributed by atoms with Crippen LogP contribution in [-0.4, -0.2) is 29.3 Å². The molecule has 0 saturated carbocycles. The zero-order chi connectivity index (χ0) is 25.4. The number of nitrogens with one attached hydrogen (secondary N) is 1. The fraction of sp³-hybridized carbons (Fsp3) is 0.296. The molecule has 0 aliphatic heterocycles. The Morgan fingerprint density at radius 3 is 2.83 bits per heavy atom. The van der Waals surface area contributed by atoms with Crippen LogP contribution in [0.15, 0.2) is 44.3 Å². The highest BCUT2D eigenvalue weighted by Crippen LogP contribution is 2.39. The number of rotatable bonds is 6. The molecule has 36 heavy (non-hydrogen) atoms. The highest BCUT2D eigenvalue weighted by Gasteiger charge is 2.28. The van der Waals surface area contributed by atoms with Gasteiger partial charge in [-0.3, -0.25) is 4.79 Å². The van der Waals surface area contributed by atoms with E-state index in [0.29, 0.717) is 17.8 Å². The molecular formula is C27H26BrN3O4S. The summed E-state index contributed by atoms with van der Waals surface area (Å²) >= 11 is 5.09. The zero-order valence-corrected chi connectivity index (χ0v) is 22.7. The zero-order valence-electron chi connectivity index (χ0n) is 20.3. The molecule has 1 aliphatic carbocycles. The van der Waals surface area contributed by atoms with Gasteiger partial charge >= 0.3 is 11.9 Å². The molecule has 5 rings (SSSR count). The Bertz CT molecular complexity index is 1510. The van der Waals surface area contributed by atoms with Crippen molar-refractivity contribution >= 4 is 56.3 Å². The van der Waals surface area contributed by atoms with Crippen LogP contribution in [0.3, 0.4) is 0 Å². The number of aryl methyl sites for hydroxylation is 2. The van der Waals surface area contributed by atoms with E-state index in [1.807, 2.05) is 39.0 Å². The predicted molar refractivity (Wildman–Crippen MR) is 145 cm³/mol. The second kappa shape index (κ2) is 10.1. The van der Waals surface area contributed by atoms with Gasteiger partial charge in [0.1, 0.15) is 10.6 Å². The van der Waals surface area contributed by atoms with Crippen LogP contribution >= 0.6 is 27.3 Å². The number of carbonyl (C=O) groups excluding carboxylic acids is 2. The van der Waals surface area contributed by atoms with Crippen LogP contribution in [0.4, 0.5) is 0 Å². The van der Waals surface area contributed by atoms with E-state index in [4.69, 9.17) is 9.15 Å². The first kappa shape index (κ1) is 24.5. The van der Waals surface area contributed by atoms with Gasteiger partial charge in [0, 0.05) is 31.7 Å². The average Bonchev–Trinajstić information content (AvgIpc) is 3.52. The third kappa shape index (κ3) is 4.53. The van der Waals surface area contributed by atoms with Crippen molar-refractivity contribution in [3.05, 3.63) is 73.5 Å². The number of thiophene rings is 1. The van der Waals surface area contributed by atoms with E-state index in [2.05, 4.69) is 31.0 Å². The van der Waals surface area contributed by atoms with Crippen molar-refractivity contribution in [1.29, 1.82) is 0 Å². The Labute approximate surface area is 221 Å². The van der Waals surface area contributed by atoms with E-state index in [1.165, 1.54) is 4.88 Å². The lowest BCUT2D eigenvalue weighted by Gasteiger charge is -2.13. The van der Waals surface area contributed by atoms with Crippen molar-refractivity contribution in [3.63, 3.8) is 0 Å². The fourth-order valence-electron chi connectivity index (χ4n) is 4.70. The summed E-state index contributed by atoms with van der Waals surface area (Å²) in [5.74, 6) is -0.503. The standard InChI is InChI=1S/C27H26BrN3O4S/c1-4-34-27(33)24-20-7-5-6-8-23(20)36-26(24)31-15(2)11-18(16(31)3)14-29-30-25(32)22-13-17-12-19(28)9-10-21(17)35-22/h9-14H,4-8H2,1-3H3,(H,30,32)/b29-14-. The monoisotopic (exact) mass is 567 g/mol. The number of carbonyl (C=O) groups is 2. The Morgan fingerprint density at radius 1 is 1.22 bits per heavy atom. The lowest BCUT2D eigenvalue weighted by atomic mass is 9.95. The number of hydrogen-bond donors (Lipinski definition) is 1. The number of ether oxygens (including phenoxy) is 1. The van der Waals surface area contributed by atoms with Crippen molar-refractivity contribution in [2.24, 2.45) is 5.10 Å². The number of nitrogens with zero attached hydrogens (tertiary/aromatic N) is 2. The van der Waals surface area contributed by atoms with E-state index >= 15 is 0 Å². The highest BCUT2D eigenvalue weighted by atomic mass is 79.9. The lowest BCUT2D eigenvalue weighted by molar-refractivity contribution is 0.0525. The number of amides is 1. The molecule has 0 atom stereocenters. The molecule has 186 valence electrons. The number of halogens is 1. The van der Waals surface area contributed by atoms with Crippen LogP contribution in [0.2, 0.25) is 0 Å². The molecule has 0 spiro atoms. The van der Waals surface area contributed by atoms with Gasteiger partial charge in [-0.25, -0.2) is 10.2 Å². The summed E-state index contributed by atoms with van der Waals surface area (Å²) in [7, 11) is 0. The molecule has 0 fully saturated rings. The van der Waals surface area contributed by atoms with E-state index in [1.54, 1.807) is 29.7 Å². The van der Waals surface area contributed by atoms with Gasteiger partial charge in [-0.05, 0) is 82.3 Å². The number of benzene rings is 1. The lowest BCUT2D eigenvalue weighted by Crippen LogP contribution is -2.16. The molecule has 3 aromatic heterocycles. The summed E-state index contributed by atoms with van der Waals surface area (Å²) in [6, 6.07) is 9.24. The van der Waals surface area contributed by atoms with Gasteiger partial charge in [0.25, 0.3) is 0 Å². The maximum absolute atomic E-state index is 13.0. The van der Waals surface area contributed by atoms with Crippen LogP contribution < -0.4 is 5.43 Å². The van der Waals surface area contributed by atoms with E-state index < -0.39 is 5.91 Å². The summed E-state index contributed by atoms with van der Waals surface area (Å²) in [6.07, 6.45) is 5.73. The third-order valence-corrected chi connectivity index (χ3v) is 8.15. The van der Waals surface area contributed by atoms with Crippen molar-refractivity contribution in [1.82, 2.24) is 9.99 Å². The first-order chi connectivity index (χ1) is 17.4. The first-order valence-corrected chi connectivity index (χ1v) is 13.5. The smallest absolute Gasteiger partial charge is 0.341 e. The van der Waals surface area contributed by atoms with Gasteiger partial charge in [-0.2, -0.15) is 5.10 Å². The molecule has 4 aromatic rings. The molecule has 1 N–H and O–H groups in total. The van der Waals surface area contributed by atoms with Crippen molar-refractivity contribution in [2.75, 3.05) is 6.61 Å². The van der Waals surface area contributed by atoms with Crippen LogP contribution in [0.25, 0.3) is 16.0 Å². The molecule has 0 radical (unpaired) electrons. The Hall–Kier alpha value is -3.17. The number of fused-ring (bicyclic) bond motifs is 2. The van der Waals surface area contributed by atoms with Crippen molar-refractivity contribution in [2.45, 2.75) is 46.5 Å². The van der Waals surface area contributed by atoms with Crippen molar-refractivity contribution in [3.8, 4) is 5.00 Å². The highest BCUT2D eigenvalue weighted by molar-refractivity contribution is 9.10. The summed E-state index contributed by atoms with van der Waals surface area (Å²) in [5.41, 5.74) is 7.76. The SMILES string of the molecule is CCOC(=O)c1c(-n2c(C)cc(/C=N\NC(=O)c3cc4cc(Br)ccc4o3)c2C)sc2c1CCCC2. The van der Waals surface area contributed by atoms with E-state index in [9.17, 15) is 9.59 Å². The largest absolute Gasteiger partial charge is 0.462 e. The second-order valence-electron chi connectivity index (χ2n) is 8.77. The molecule has 0 bridgehead atoms. The topological polar surface area (TPSA) is 85.8 Å². The quantitative estimate of drug-likeness (QED) is 0.164. The minimum Gasteiger partial charge on any atom is -0.462 e. The summed E-state index contributed by atoms with van der Waals surface area (Å²) in [4.78, 5) is 26.8. The summed E-state index contributed by atoms with van der Waals surface area (Å²) in [5, 5.41) is 5.90.